The minimum atomic E-state index is 0.0294. The number of hydrogen-bond acceptors (Lipinski definition) is 4. The van der Waals surface area contributed by atoms with Crippen LogP contribution in [-0.2, 0) is 4.79 Å². The minimum absolute atomic E-state index is 0.0294. The van der Waals surface area contributed by atoms with Crippen LogP contribution in [0.5, 0.6) is 0 Å². The molecule has 1 aliphatic rings. The van der Waals surface area contributed by atoms with Crippen molar-refractivity contribution < 1.29 is 4.79 Å². The number of rotatable bonds is 6. The van der Waals surface area contributed by atoms with E-state index in [1.54, 1.807) is 12.1 Å². The Morgan fingerprint density at radius 2 is 1.94 bits per heavy atom. The van der Waals surface area contributed by atoms with Gasteiger partial charge >= 0.3 is 0 Å². The summed E-state index contributed by atoms with van der Waals surface area (Å²) in [5.41, 5.74) is 2.77. The summed E-state index contributed by atoms with van der Waals surface area (Å²) >= 11 is 13.9. The monoisotopic (exact) mass is 474 g/mol. The Kier molecular flexibility index (Phi) is 7.20. The normalized spacial score (nSPS) is 14.5. The van der Waals surface area contributed by atoms with E-state index in [2.05, 4.69) is 21.6 Å². The fraction of sp³-hybridized carbons (Fsp3) is 0.348. The number of carbonyl (C=O) groups is 1. The summed E-state index contributed by atoms with van der Waals surface area (Å²) in [6.07, 6.45) is 5.76. The van der Waals surface area contributed by atoms with Gasteiger partial charge in [0.1, 0.15) is 0 Å². The van der Waals surface area contributed by atoms with Crippen LogP contribution in [0.2, 0.25) is 10.0 Å². The summed E-state index contributed by atoms with van der Waals surface area (Å²) in [5.74, 6) is 0.929. The largest absolute Gasteiger partial charge is 0.353 e. The third kappa shape index (κ3) is 5.43. The number of carbonyl (C=O) groups excluding carboxylic acids is 1. The molecular weight excluding hydrogens is 451 g/mol. The molecule has 0 bridgehead atoms. The summed E-state index contributed by atoms with van der Waals surface area (Å²) in [4.78, 5) is 12.5. The standard InChI is InChI=1S/C23H24Cl2N4OS/c1-15-6-5-9-18(12-15)29-22(19-11-10-16(24)13-20(19)25)27-28-23(29)31-14-21(30)26-17-7-3-2-4-8-17/h5-6,9-13,17H,2-4,7-8,14H2,1H3,(H,26,30). The zero-order valence-corrected chi connectivity index (χ0v) is 19.6. The van der Waals surface area contributed by atoms with Gasteiger partial charge in [0.15, 0.2) is 11.0 Å². The van der Waals surface area contributed by atoms with Crippen molar-refractivity contribution in [1.29, 1.82) is 0 Å². The Morgan fingerprint density at radius 3 is 2.68 bits per heavy atom. The number of nitrogens with one attached hydrogen (secondary N) is 1. The lowest BCUT2D eigenvalue weighted by Crippen LogP contribution is -2.37. The highest BCUT2D eigenvalue weighted by Gasteiger charge is 2.21. The molecule has 8 heteroatoms. The van der Waals surface area contributed by atoms with E-state index in [9.17, 15) is 4.79 Å². The minimum Gasteiger partial charge on any atom is -0.353 e. The molecule has 2 aromatic carbocycles. The second-order valence-electron chi connectivity index (χ2n) is 7.80. The van der Waals surface area contributed by atoms with E-state index in [1.165, 1.54) is 31.0 Å². The van der Waals surface area contributed by atoms with E-state index in [0.717, 1.165) is 29.7 Å². The maximum absolute atomic E-state index is 12.5. The van der Waals surface area contributed by atoms with Gasteiger partial charge in [-0.3, -0.25) is 9.36 Å². The predicted octanol–water partition coefficient (Wildman–Crippen LogP) is 6.09. The van der Waals surface area contributed by atoms with Crippen LogP contribution in [0, 0.1) is 6.92 Å². The topological polar surface area (TPSA) is 59.8 Å². The summed E-state index contributed by atoms with van der Waals surface area (Å²) < 4.78 is 1.95. The van der Waals surface area contributed by atoms with Crippen LogP contribution in [0.25, 0.3) is 17.1 Å². The lowest BCUT2D eigenvalue weighted by Gasteiger charge is -2.22. The number of halogens is 2. The first-order valence-corrected chi connectivity index (χ1v) is 12.2. The summed E-state index contributed by atoms with van der Waals surface area (Å²) in [7, 11) is 0. The van der Waals surface area contributed by atoms with Crippen LogP contribution < -0.4 is 5.32 Å². The maximum atomic E-state index is 12.5. The third-order valence-electron chi connectivity index (χ3n) is 5.37. The highest BCUT2D eigenvalue weighted by molar-refractivity contribution is 7.99. The molecule has 1 amide bonds. The molecule has 162 valence electrons. The molecule has 1 saturated carbocycles. The lowest BCUT2D eigenvalue weighted by molar-refractivity contribution is -0.119. The fourth-order valence-electron chi connectivity index (χ4n) is 3.85. The Morgan fingerprint density at radius 1 is 1.13 bits per heavy atom. The zero-order chi connectivity index (χ0) is 21.8. The first kappa shape index (κ1) is 22.2. The van der Waals surface area contributed by atoms with Gasteiger partial charge in [0.25, 0.3) is 0 Å². The highest BCUT2D eigenvalue weighted by Crippen LogP contribution is 2.33. The van der Waals surface area contributed by atoms with Crippen LogP contribution >= 0.6 is 35.0 Å². The van der Waals surface area contributed by atoms with Crippen molar-refractivity contribution in [3.8, 4) is 17.1 Å². The van der Waals surface area contributed by atoms with Crippen molar-refractivity contribution in [3.05, 3.63) is 58.1 Å². The van der Waals surface area contributed by atoms with E-state index in [0.29, 0.717) is 27.1 Å². The highest BCUT2D eigenvalue weighted by atomic mass is 35.5. The van der Waals surface area contributed by atoms with Crippen molar-refractivity contribution in [2.24, 2.45) is 0 Å². The summed E-state index contributed by atoms with van der Waals surface area (Å²) in [5, 5.41) is 13.7. The zero-order valence-electron chi connectivity index (χ0n) is 17.3. The molecular formula is C23H24Cl2N4OS. The SMILES string of the molecule is Cc1cccc(-n2c(SCC(=O)NC3CCCCC3)nnc2-c2ccc(Cl)cc2Cl)c1. The predicted molar refractivity (Wildman–Crippen MR) is 127 cm³/mol. The second-order valence-corrected chi connectivity index (χ2v) is 9.58. The molecule has 0 aliphatic heterocycles. The van der Waals surface area contributed by atoms with Crippen LogP contribution in [-0.4, -0.2) is 32.5 Å². The first-order valence-electron chi connectivity index (χ1n) is 10.4. The third-order valence-corrected chi connectivity index (χ3v) is 6.84. The van der Waals surface area contributed by atoms with Gasteiger partial charge in [-0.25, -0.2) is 0 Å². The van der Waals surface area contributed by atoms with Gasteiger partial charge in [-0.05, 0) is 55.7 Å². The molecule has 0 spiro atoms. The first-order chi connectivity index (χ1) is 15.0. The molecule has 5 nitrogen and oxygen atoms in total. The van der Waals surface area contributed by atoms with Crippen molar-refractivity contribution in [2.75, 3.05) is 5.75 Å². The van der Waals surface area contributed by atoms with Gasteiger partial charge in [0.2, 0.25) is 5.91 Å². The number of aryl methyl sites for hydroxylation is 1. The second kappa shape index (κ2) is 10.1. The van der Waals surface area contributed by atoms with Gasteiger partial charge in [-0.15, -0.1) is 10.2 Å². The van der Waals surface area contributed by atoms with Crippen molar-refractivity contribution >= 4 is 40.9 Å². The van der Waals surface area contributed by atoms with E-state index < -0.39 is 0 Å². The van der Waals surface area contributed by atoms with Crippen LogP contribution in [0.15, 0.2) is 47.6 Å². The molecule has 1 aliphatic carbocycles. The Hall–Kier alpha value is -2.02. The molecule has 0 radical (unpaired) electrons. The van der Waals surface area contributed by atoms with Crippen LogP contribution in [0.4, 0.5) is 0 Å². The molecule has 1 heterocycles. The number of aromatic nitrogens is 3. The average Bonchev–Trinajstić information content (AvgIpc) is 3.17. The molecule has 31 heavy (non-hydrogen) atoms. The summed E-state index contributed by atoms with van der Waals surface area (Å²) in [6, 6.07) is 13.7. The molecule has 3 aromatic rings. The molecule has 1 fully saturated rings. The maximum Gasteiger partial charge on any atom is 0.230 e. The van der Waals surface area contributed by atoms with Gasteiger partial charge in [-0.1, -0.05) is 66.4 Å². The van der Waals surface area contributed by atoms with E-state index in [4.69, 9.17) is 23.2 Å². The van der Waals surface area contributed by atoms with E-state index >= 15 is 0 Å². The van der Waals surface area contributed by atoms with Gasteiger partial charge < -0.3 is 5.32 Å². The average molecular weight is 475 g/mol. The number of amides is 1. The van der Waals surface area contributed by atoms with Crippen LogP contribution in [0.3, 0.4) is 0 Å². The van der Waals surface area contributed by atoms with Crippen LogP contribution in [0.1, 0.15) is 37.7 Å². The Balaban J connectivity index is 1.61. The van der Waals surface area contributed by atoms with E-state index in [-0.39, 0.29) is 11.7 Å². The number of hydrogen-bond donors (Lipinski definition) is 1. The fourth-order valence-corrected chi connectivity index (χ4v) is 5.11. The molecule has 4 rings (SSSR count). The Labute approximate surface area is 196 Å². The number of nitrogens with zero attached hydrogens (tertiary/aromatic N) is 3. The molecule has 0 atom stereocenters. The lowest BCUT2D eigenvalue weighted by atomic mass is 9.95. The van der Waals surface area contributed by atoms with Crippen molar-refractivity contribution in [3.63, 3.8) is 0 Å². The molecule has 0 unspecified atom stereocenters. The van der Waals surface area contributed by atoms with Gasteiger partial charge in [0, 0.05) is 22.3 Å². The molecule has 1 N–H and O–H groups in total. The van der Waals surface area contributed by atoms with E-state index in [1.807, 2.05) is 35.8 Å². The number of thioether (sulfide) groups is 1. The molecule has 1 aromatic heterocycles. The molecule has 0 saturated heterocycles. The van der Waals surface area contributed by atoms with Gasteiger partial charge in [-0.2, -0.15) is 0 Å². The van der Waals surface area contributed by atoms with Crippen molar-refractivity contribution in [1.82, 2.24) is 20.1 Å². The van der Waals surface area contributed by atoms with Crippen molar-refractivity contribution in [2.45, 2.75) is 50.2 Å². The van der Waals surface area contributed by atoms with Gasteiger partial charge in [0.05, 0.1) is 10.8 Å². The Bertz CT molecular complexity index is 1080. The number of benzene rings is 2. The quantitative estimate of drug-likeness (QED) is 0.439. The smallest absolute Gasteiger partial charge is 0.230 e. The summed E-state index contributed by atoms with van der Waals surface area (Å²) in [6.45, 7) is 2.03.